The molecule has 29 heavy (non-hydrogen) atoms. The van der Waals surface area contributed by atoms with Crippen LogP contribution in [0.4, 0.5) is 17.1 Å². The van der Waals surface area contributed by atoms with Gasteiger partial charge in [-0.2, -0.15) is 0 Å². The monoisotopic (exact) mass is 414 g/mol. The van der Waals surface area contributed by atoms with Gasteiger partial charge in [0.15, 0.2) is 0 Å². The summed E-state index contributed by atoms with van der Waals surface area (Å²) < 4.78 is 26.1. The van der Waals surface area contributed by atoms with Gasteiger partial charge in [0, 0.05) is 12.3 Å². The minimum atomic E-state index is -3.74. The number of phenols is 2. The number of sulfonamides is 1. The van der Waals surface area contributed by atoms with Gasteiger partial charge in [0.1, 0.15) is 22.9 Å². The second-order valence-corrected chi connectivity index (χ2v) is 7.96. The number of azo groups is 1. The molecule has 0 saturated carbocycles. The summed E-state index contributed by atoms with van der Waals surface area (Å²) in [6.07, 6.45) is 0. The standard InChI is InChI=1S/C19H18N4O5S/c1-11(24)21-14-5-3-4-12-6-8-17(26)19(18(12)14)23-22-15-10-13(7-9-16(15)25)29(27,28)20-2/h3-10,20,25-26H,1-2H3,(H,21,24)/b23-22+. The van der Waals surface area contributed by atoms with Crippen LogP contribution in [0.3, 0.4) is 0 Å². The number of hydrogen-bond donors (Lipinski definition) is 4. The van der Waals surface area contributed by atoms with Gasteiger partial charge in [-0.25, -0.2) is 13.1 Å². The molecule has 10 heteroatoms. The highest BCUT2D eigenvalue weighted by atomic mass is 32.2. The first-order valence-corrected chi connectivity index (χ1v) is 9.92. The Morgan fingerprint density at radius 2 is 1.72 bits per heavy atom. The molecule has 1 amide bonds. The number of anilines is 1. The molecule has 0 radical (unpaired) electrons. The molecular formula is C19H18N4O5S. The van der Waals surface area contributed by atoms with E-state index in [-0.39, 0.29) is 33.7 Å². The van der Waals surface area contributed by atoms with E-state index in [0.717, 1.165) is 6.07 Å². The van der Waals surface area contributed by atoms with Gasteiger partial charge in [-0.1, -0.05) is 18.2 Å². The van der Waals surface area contributed by atoms with Gasteiger partial charge in [-0.05, 0) is 42.8 Å². The van der Waals surface area contributed by atoms with Crippen molar-refractivity contribution >= 4 is 43.8 Å². The number of benzene rings is 3. The first-order chi connectivity index (χ1) is 13.7. The minimum Gasteiger partial charge on any atom is -0.506 e. The fourth-order valence-corrected chi connectivity index (χ4v) is 3.47. The number of carbonyl (C=O) groups is 1. The fourth-order valence-electron chi connectivity index (χ4n) is 2.72. The van der Waals surface area contributed by atoms with Gasteiger partial charge >= 0.3 is 0 Å². The van der Waals surface area contributed by atoms with Gasteiger partial charge in [-0.3, -0.25) is 4.79 Å². The van der Waals surface area contributed by atoms with E-state index in [1.807, 2.05) is 0 Å². The smallest absolute Gasteiger partial charge is 0.240 e. The lowest BCUT2D eigenvalue weighted by molar-refractivity contribution is -0.114. The second kappa shape index (κ2) is 7.86. The summed E-state index contributed by atoms with van der Waals surface area (Å²) in [6, 6.07) is 11.8. The average molecular weight is 414 g/mol. The Morgan fingerprint density at radius 1 is 1.00 bits per heavy atom. The Kier molecular flexibility index (Phi) is 5.48. The van der Waals surface area contributed by atoms with Crippen molar-refractivity contribution in [3.05, 3.63) is 48.5 Å². The van der Waals surface area contributed by atoms with E-state index in [0.29, 0.717) is 16.5 Å². The van der Waals surface area contributed by atoms with Crippen molar-refractivity contribution in [2.24, 2.45) is 10.2 Å². The van der Waals surface area contributed by atoms with Crippen molar-refractivity contribution in [2.75, 3.05) is 12.4 Å². The molecule has 0 atom stereocenters. The fraction of sp³-hybridized carbons (Fsp3) is 0.105. The van der Waals surface area contributed by atoms with Gasteiger partial charge in [0.25, 0.3) is 0 Å². The summed E-state index contributed by atoms with van der Waals surface area (Å²) in [7, 11) is -2.48. The number of phenolic OH excluding ortho intramolecular Hbond substituents is 2. The van der Waals surface area contributed by atoms with Crippen LogP contribution in [0.5, 0.6) is 11.5 Å². The number of nitrogens with one attached hydrogen (secondary N) is 2. The number of carbonyl (C=O) groups excluding carboxylic acids is 1. The maximum atomic E-state index is 12.0. The molecule has 0 aliphatic heterocycles. The zero-order valence-electron chi connectivity index (χ0n) is 15.5. The maximum absolute atomic E-state index is 12.0. The first-order valence-electron chi connectivity index (χ1n) is 8.43. The lowest BCUT2D eigenvalue weighted by Gasteiger charge is -2.10. The topological polar surface area (TPSA) is 140 Å². The zero-order valence-corrected chi connectivity index (χ0v) is 16.4. The number of hydrogen-bond acceptors (Lipinski definition) is 7. The number of aromatic hydroxyl groups is 2. The Morgan fingerprint density at radius 3 is 2.41 bits per heavy atom. The van der Waals surface area contributed by atoms with Crippen LogP contribution in [0.25, 0.3) is 10.8 Å². The summed E-state index contributed by atoms with van der Waals surface area (Å²) in [5, 5.41) is 32.1. The number of rotatable bonds is 5. The van der Waals surface area contributed by atoms with E-state index in [1.165, 1.54) is 32.2 Å². The van der Waals surface area contributed by atoms with E-state index >= 15 is 0 Å². The normalized spacial score (nSPS) is 11.8. The van der Waals surface area contributed by atoms with Crippen LogP contribution < -0.4 is 10.0 Å². The van der Waals surface area contributed by atoms with Crippen LogP contribution in [-0.4, -0.2) is 31.6 Å². The van der Waals surface area contributed by atoms with Crippen molar-refractivity contribution in [1.82, 2.24) is 4.72 Å². The van der Waals surface area contributed by atoms with E-state index < -0.39 is 10.0 Å². The van der Waals surface area contributed by atoms with Crippen molar-refractivity contribution < 1.29 is 23.4 Å². The largest absolute Gasteiger partial charge is 0.506 e. The molecule has 4 N–H and O–H groups in total. The molecule has 0 heterocycles. The Balaban J connectivity index is 2.16. The highest BCUT2D eigenvalue weighted by molar-refractivity contribution is 7.89. The number of amides is 1. The minimum absolute atomic E-state index is 0.0631. The van der Waals surface area contributed by atoms with E-state index in [1.54, 1.807) is 24.3 Å². The van der Waals surface area contributed by atoms with Crippen molar-refractivity contribution in [1.29, 1.82) is 0 Å². The summed E-state index contributed by atoms with van der Waals surface area (Å²) in [5.41, 5.74) is 0.387. The Hall–Kier alpha value is -3.50. The molecule has 0 saturated heterocycles. The van der Waals surface area contributed by atoms with Crippen LogP contribution in [0.1, 0.15) is 6.92 Å². The van der Waals surface area contributed by atoms with E-state index in [4.69, 9.17) is 0 Å². The van der Waals surface area contributed by atoms with Crippen LogP contribution in [-0.2, 0) is 14.8 Å². The highest BCUT2D eigenvalue weighted by Crippen LogP contribution is 2.41. The predicted octanol–water partition coefficient (Wildman–Crippen LogP) is 3.53. The third kappa shape index (κ3) is 4.18. The Bertz CT molecular complexity index is 1240. The van der Waals surface area contributed by atoms with Crippen LogP contribution in [0.2, 0.25) is 0 Å². The van der Waals surface area contributed by atoms with E-state index in [9.17, 15) is 23.4 Å². The second-order valence-electron chi connectivity index (χ2n) is 6.08. The molecule has 0 aromatic heterocycles. The molecule has 0 bridgehead atoms. The molecule has 3 rings (SSSR count). The number of fused-ring (bicyclic) bond motifs is 1. The summed E-state index contributed by atoms with van der Waals surface area (Å²) >= 11 is 0. The van der Waals surface area contributed by atoms with Gasteiger partial charge in [0.2, 0.25) is 15.9 Å². The van der Waals surface area contributed by atoms with Crippen LogP contribution >= 0.6 is 0 Å². The van der Waals surface area contributed by atoms with Gasteiger partial charge in [-0.15, -0.1) is 10.2 Å². The van der Waals surface area contributed by atoms with Crippen molar-refractivity contribution in [2.45, 2.75) is 11.8 Å². The highest BCUT2D eigenvalue weighted by Gasteiger charge is 2.15. The molecule has 0 aliphatic carbocycles. The quantitative estimate of drug-likeness (QED) is 0.473. The predicted molar refractivity (Wildman–Crippen MR) is 108 cm³/mol. The van der Waals surface area contributed by atoms with E-state index in [2.05, 4.69) is 20.3 Å². The van der Waals surface area contributed by atoms with Crippen molar-refractivity contribution in [3.8, 4) is 11.5 Å². The van der Waals surface area contributed by atoms with Crippen molar-refractivity contribution in [3.63, 3.8) is 0 Å². The third-order valence-electron chi connectivity index (χ3n) is 4.09. The SMILES string of the molecule is CNS(=O)(=O)c1ccc(O)c(/N=N/c2c(O)ccc3cccc(NC(C)=O)c23)c1. The summed E-state index contributed by atoms with van der Waals surface area (Å²) in [6.45, 7) is 1.36. The summed E-state index contributed by atoms with van der Waals surface area (Å²) in [4.78, 5) is 11.4. The molecule has 150 valence electrons. The third-order valence-corrected chi connectivity index (χ3v) is 5.50. The zero-order chi connectivity index (χ0) is 21.2. The molecule has 3 aromatic carbocycles. The molecule has 0 aliphatic rings. The molecule has 0 fully saturated rings. The van der Waals surface area contributed by atoms with Gasteiger partial charge < -0.3 is 15.5 Å². The molecule has 0 unspecified atom stereocenters. The Labute approximate surface area is 166 Å². The van der Waals surface area contributed by atoms with Crippen LogP contribution in [0, 0.1) is 0 Å². The molecule has 9 nitrogen and oxygen atoms in total. The molecular weight excluding hydrogens is 396 g/mol. The first kappa shape index (κ1) is 20.2. The number of nitrogens with zero attached hydrogens (tertiary/aromatic N) is 2. The lowest BCUT2D eigenvalue weighted by atomic mass is 10.1. The lowest BCUT2D eigenvalue weighted by Crippen LogP contribution is -2.18. The van der Waals surface area contributed by atoms with Gasteiger partial charge in [0.05, 0.1) is 10.6 Å². The molecule has 0 spiro atoms. The maximum Gasteiger partial charge on any atom is 0.240 e. The molecule has 3 aromatic rings. The summed E-state index contributed by atoms with van der Waals surface area (Å²) in [5.74, 6) is -0.783. The average Bonchev–Trinajstić information content (AvgIpc) is 2.68. The van der Waals surface area contributed by atoms with Crippen LogP contribution in [0.15, 0.2) is 63.7 Å².